The molecule has 7 nitrogen and oxygen atoms in total. The van der Waals surface area contributed by atoms with E-state index in [4.69, 9.17) is 4.98 Å². The van der Waals surface area contributed by atoms with Gasteiger partial charge in [0.15, 0.2) is 17.5 Å². The molecule has 1 aliphatic carbocycles. The summed E-state index contributed by atoms with van der Waals surface area (Å²) < 4.78 is 43.6. The zero-order valence-electron chi connectivity index (χ0n) is 19.4. The minimum atomic E-state index is -4.38. The van der Waals surface area contributed by atoms with E-state index in [1.165, 1.54) is 16.6 Å². The molecule has 11 heteroatoms. The Morgan fingerprint density at radius 1 is 1.21 bits per heavy atom. The normalized spacial score (nSPS) is 23.2. The average Bonchev–Trinajstić information content (AvgIpc) is 3.44. The molecule has 180 valence electrons. The van der Waals surface area contributed by atoms with Gasteiger partial charge in [-0.3, -0.25) is 0 Å². The number of fused-ring (bicyclic) bond motifs is 6. The summed E-state index contributed by atoms with van der Waals surface area (Å²) in [5, 5.41) is 12.8. The summed E-state index contributed by atoms with van der Waals surface area (Å²) in [5.41, 5.74) is 2.70. The molecule has 0 spiro atoms. The number of aromatic nitrogens is 6. The second kappa shape index (κ2) is 7.16. The lowest BCUT2D eigenvalue weighted by molar-refractivity contribution is -0.173. The first kappa shape index (κ1) is 21.8. The van der Waals surface area contributed by atoms with Crippen molar-refractivity contribution in [1.29, 1.82) is 0 Å². The number of anilines is 1. The number of nitrogens with one attached hydrogen (secondary N) is 1. The number of hydrogen-bond acceptors (Lipinski definition) is 6. The van der Waals surface area contributed by atoms with Gasteiger partial charge in [0.25, 0.3) is 0 Å². The average molecular weight is 490 g/mol. The molecule has 3 atom stereocenters. The van der Waals surface area contributed by atoms with Gasteiger partial charge in [-0.05, 0) is 49.5 Å². The van der Waals surface area contributed by atoms with E-state index in [9.17, 15) is 13.2 Å². The van der Waals surface area contributed by atoms with E-state index < -0.39 is 12.2 Å². The molecule has 2 aliphatic rings. The second-order valence-corrected chi connectivity index (χ2v) is 11.7. The Morgan fingerprint density at radius 2 is 2.00 bits per heavy atom. The molecule has 0 saturated carbocycles. The van der Waals surface area contributed by atoms with Crippen LogP contribution >= 0.6 is 11.3 Å². The minimum absolute atomic E-state index is 0.0721. The van der Waals surface area contributed by atoms with Crippen molar-refractivity contribution < 1.29 is 13.2 Å². The Labute approximate surface area is 198 Å². The predicted molar refractivity (Wildman–Crippen MR) is 125 cm³/mol. The van der Waals surface area contributed by atoms with Gasteiger partial charge in [0.2, 0.25) is 0 Å². The summed E-state index contributed by atoms with van der Waals surface area (Å²) in [6.45, 7) is 8.62. The molecule has 0 fully saturated rings. The molecule has 0 amide bonds. The lowest BCUT2D eigenvalue weighted by atomic mass is 9.72. The van der Waals surface area contributed by atoms with Gasteiger partial charge in [-0.25, -0.2) is 19.2 Å². The molecule has 4 aromatic rings. The van der Waals surface area contributed by atoms with Crippen molar-refractivity contribution in [2.75, 3.05) is 5.32 Å². The lowest BCUT2D eigenvalue weighted by Crippen LogP contribution is -2.38. The first-order valence-electron chi connectivity index (χ1n) is 11.6. The lowest BCUT2D eigenvalue weighted by Gasteiger charge is -2.33. The van der Waals surface area contributed by atoms with Crippen LogP contribution in [0.4, 0.5) is 19.0 Å². The second-order valence-electron chi connectivity index (χ2n) is 10.6. The van der Waals surface area contributed by atoms with Crippen LogP contribution in [0.15, 0.2) is 12.5 Å². The maximum atomic E-state index is 13.6. The number of aryl methyl sites for hydroxylation is 1. The van der Waals surface area contributed by atoms with Crippen LogP contribution in [0.5, 0.6) is 0 Å². The third kappa shape index (κ3) is 3.30. The van der Waals surface area contributed by atoms with Crippen LogP contribution in [0.3, 0.4) is 0 Å². The minimum Gasteiger partial charge on any atom is -0.367 e. The Hall–Kier alpha value is -2.69. The van der Waals surface area contributed by atoms with E-state index >= 15 is 0 Å². The van der Waals surface area contributed by atoms with Crippen molar-refractivity contribution in [3.8, 4) is 11.4 Å². The Balaban J connectivity index is 1.46. The predicted octanol–water partition coefficient (Wildman–Crippen LogP) is 5.66. The van der Waals surface area contributed by atoms with Crippen molar-refractivity contribution in [3.05, 3.63) is 23.0 Å². The zero-order chi connectivity index (χ0) is 24.0. The summed E-state index contributed by atoms with van der Waals surface area (Å²) in [7, 11) is 0. The SMILES string of the molecule is CC1CC(C(F)(F)F)n2ncc(-c3nc4c5c6c(sc5ncn4n3)CC(C(C)(C)C)CC6)c2N1. The fourth-order valence-electron chi connectivity index (χ4n) is 5.33. The first-order valence-corrected chi connectivity index (χ1v) is 12.4. The Kier molecular flexibility index (Phi) is 4.59. The molecule has 6 rings (SSSR count). The van der Waals surface area contributed by atoms with E-state index in [1.807, 2.05) is 0 Å². The van der Waals surface area contributed by atoms with E-state index in [1.54, 1.807) is 29.1 Å². The first-order chi connectivity index (χ1) is 16.0. The van der Waals surface area contributed by atoms with Gasteiger partial charge in [-0.1, -0.05) is 20.8 Å². The van der Waals surface area contributed by atoms with E-state index in [0.29, 0.717) is 28.8 Å². The molecule has 4 aromatic heterocycles. The fraction of sp³-hybridized carbons (Fsp3) is 0.565. The standard InChI is InChI=1S/C23H26F3N7S/c1-11-7-16(23(24,25)26)33-19(29-11)14(9-28-33)18-30-20-17-13-6-5-12(22(2,3)4)8-15(13)34-21(17)27-10-32(20)31-18/h9-12,16,29H,5-8H2,1-4H3. The van der Waals surface area contributed by atoms with Gasteiger partial charge in [0, 0.05) is 10.9 Å². The summed E-state index contributed by atoms with van der Waals surface area (Å²) >= 11 is 1.72. The zero-order valence-corrected chi connectivity index (χ0v) is 20.3. The molecule has 0 radical (unpaired) electrons. The fourth-order valence-corrected chi connectivity index (χ4v) is 6.59. The third-order valence-electron chi connectivity index (χ3n) is 7.28. The van der Waals surface area contributed by atoms with Gasteiger partial charge in [-0.2, -0.15) is 18.3 Å². The van der Waals surface area contributed by atoms with Crippen molar-refractivity contribution in [3.63, 3.8) is 0 Å². The van der Waals surface area contributed by atoms with E-state index in [-0.39, 0.29) is 17.9 Å². The maximum absolute atomic E-state index is 13.6. The number of thiophene rings is 1. The highest BCUT2D eigenvalue weighted by atomic mass is 32.1. The summed E-state index contributed by atoms with van der Waals surface area (Å²) in [6.07, 6.45) is 1.73. The highest BCUT2D eigenvalue weighted by Gasteiger charge is 2.46. The van der Waals surface area contributed by atoms with Crippen LogP contribution in [-0.2, 0) is 12.8 Å². The molecule has 5 heterocycles. The number of alkyl halides is 3. The van der Waals surface area contributed by atoms with Crippen LogP contribution in [0.25, 0.3) is 27.3 Å². The van der Waals surface area contributed by atoms with Gasteiger partial charge in [-0.15, -0.1) is 16.4 Å². The van der Waals surface area contributed by atoms with Crippen molar-refractivity contribution in [1.82, 2.24) is 29.4 Å². The van der Waals surface area contributed by atoms with Gasteiger partial charge in [0.05, 0.1) is 17.1 Å². The van der Waals surface area contributed by atoms with Crippen LogP contribution in [0.1, 0.15) is 57.0 Å². The molecule has 1 aliphatic heterocycles. The molecular formula is C23H26F3N7S. The molecule has 3 unspecified atom stereocenters. The van der Waals surface area contributed by atoms with E-state index in [2.05, 4.69) is 41.3 Å². The van der Waals surface area contributed by atoms with Gasteiger partial charge < -0.3 is 5.32 Å². The number of hydrogen-bond donors (Lipinski definition) is 1. The quantitative estimate of drug-likeness (QED) is 0.373. The highest BCUT2D eigenvalue weighted by molar-refractivity contribution is 7.19. The number of nitrogens with zero attached hydrogens (tertiary/aromatic N) is 6. The third-order valence-corrected chi connectivity index (χ3v) is 8.44. The largest absolute Gasteiger partial charge is 0.410 e. The molecule has 0 aromatic carbocycles. The van der Waals surface area contributed by atoms with Crippen molar-refractivity contribution in [2.24, 2.45) is 11.3 Å². The van der Waals surface area contributed by atoms with Crippen LogP contribution < -0.4 is 5.32 Å². The number of halogens is 3. The van der Waals surface area contributed by atoms with Crippen LogP contribution in [0.2, 0.25) is 0 Å². The molecule has 34 heavy (non-hydrogen) atoms. The van der Waals surface area contributed by atoms with Crippen molar-refractivity contribution >= 4 is 33.0 Å². The van der Waals surface area contributed by atoms with Crippen LogP contribution in [0, 0.1) is 11.3 Å². The Morgan fingerprint density at radius 3 is 2.74 bits per heavy atom. The summed E-state index contributed by atoms with van der Waals surface area (Å²) in [4.78, 5) is 11.7. The monoisotopic (exact) mass is 489 g/mol. The molecule has 0 saturated heterocycles. The highest BCUT2D eigenvalue weighted by Crippen LogP contribution is 2.45. The van der Waals surface area contributed by atoms with Crippen molar-refractivity contribution in [2.45, 2.75) is 71.6 Å². The van der Waals surface area contributed by atoms with Gasteiger partial charge in [0.1, 0.15) is 17.0 Å². The Bertz CT molecular complexity index is 1410. The molecule has 1 N–H and O–H groups in total. The summed E-state index contributed by atoms with van der Waals surface area (Å²) in [5.74, 6) is 1.27. The number of rotatable bonds is 1. The topological polar surface area (TPSA) is 72.9 Å². The smallest absolute Gasteiger partial charge is 0.367 e. The molecular weight excluding hydrogens is 463 g/mol. The molecule has 0 bridgehead atoms. The van der Waals surface area contributed by atoms with E-state index in [0.717, 1.165) is 34.2 Å². The maximum Gasteiger partial charge on any atom is 0.410 e. The van der Waals surface area contributed by atoms with Crippen LogP contribution in [-0.4, -0.2) is 41.6 Å². The van der Waals surface area contributed by atoms with Gasteiger partial charge >= 0.3 is 6.18 Å². The summed E-state index contributed by atoms with van der Waals surface area (Å²) in [6, 6.07) is -2.02.